The molecule has 5 nitrogen and oxygen atoms in total. The number of halogens is 1. The van der Waals surface area contributed by atoms with Gasteiger partial charge in [0.15, 0.2) is 0 Å². The summed E-state index contributed by atoms with van der Waals surface area (Å²) in [5.74, 6) is -0.122. The summed E-state index contributed by atoms with van der Waals surface area (Å²) in [6.45, 7) is 5.14. The van der Waals surface area contributed by atoms with Crippen LogP contribution in [0, 0.1) is 17.7 Å². The van der Waals surface area contributed by atoms with E-state index in [0.29, 0.717) is 36.2 Å². The van der Waals surface area contributed by atoms with Gasteiger partial charge in [-0.1, -0.05) is 13.8 Å². The van der Waals surface area contributed by atoms with Crippen LogP contribution in [0.3, 0.4) is 0 Å². The first kappa shape index (κ1) is 19.5. The van der Waals surface area contributed by atoms with Gasteiger partial charge in [-0.3, -0.25) is 4.79 Å². The Kier molecular flexibility index (Phi) is 5.62. The molecule has 0 aromatic heterocycles. The lowest BCUT2D eigenvalue weighted by Gasteiger charge is -2.34. The summed E-state index contributed by atoms with van der Waals surface area (Å²) in [7, 11) is -3.57. The second-order valence-electron chi connectivity index (χ2n) is 7.25. The molecule has 1 aliphatic rings. The van der Waals surface area contributed by atoms with Crippen molar-refractivity contribution in [3.05, 3.63) is 59.9 Å². The van der Waals surface area contributed by atoms with Crippen LogP contribution in [0.1, 0.15) is 30.6 Å². The number of benzene rings is 2. The van der Waals surface area contributed by atoms with Gasteiger partial charge in [-0.15, -0.1) is 0 Å². The Bertz CT molecular complexity index is 901. The third-order valence-electron chi connectivity index (χ3n) is 4.69. The van der Waals surface area contributed by atoms with Crippen molar-refractivity contribution in [2.45, 2.75) is 25.2 Å². The first-order valence-electron chi connectivity index (χ1n) is 8.93. The molecular weight excluding hydrogens is 367 g/mol. The summed E-state index contributed by atoms with van der Waals surface area (Å²) in [5.41, 5.74) is 0.799. The second kappa shape index (κ2) is 7.78. The summed E-state index contributed by atoms with van der Waals surface area (Å²) in [5, 5.41) is 2.65. The van der Waals surface area contributed by atoms with Gasteiger partial charge >= 0.3 is 0 Å². The molecule has 2 aromatic carbocycles. The number of sulfonamides is 1. The molecule has 1 heterocycles. The third-order valence-corrected chi connectivity index (χ3v) is 6.54. The van der Waals surface area contributed by atoms with E-state index in [9.17, 15) is 17.6 Å². The van der Waals surface area contributed by atoms with Crippen LogP contribution in [0.25, 0.3) is 0 Å². The van der Waals surface area contributed by atoms with Crippen molar-refractivity contribution >= 4 is 21.6 Å². The van der Waals surface area contributed by atoms with Crippen LogP contribution in [0.15, 0.2) is 53.4 Å². The number of anilines is 1. The highest BCUT2D eigenvalue weighted by atomic mass is 32.2. The Morgan fingerprint density at radius 2 is 1.56 bits per heavy atom. The van der Waals surface area contributed by atoms with Gasteiger partial charge in [0.2, 0.25) is 10.0 Å². The first-order valence-corrected chi connectivity index (χ1v) is 10.4. The van der Waals surface area contributed by atoms with Gasteiger partial charge in [0.1, 0.15) is 5.82 Å². The molecule has 1 amide bonds. The molecule has 1 saturated heterocycles. The molecule has 1 fully saturated rings. The number of carbonyl (C=O) groups is 1. The summed E-state index contributed by atoms with van der Waals surface area (Å²) in [6, 6.07) is 11.3. The van der Waals surface area contributed by atoms with Crippen LogP contribution in [0.5, 0.6) is 0 Å². The molecule has 1 aliphatic heterocycles. The lowest BCUT2D eigenvalue weighted by atomic mass is 9.94. The number of piperidine rings is 1. The molecule has 0 aliphatic carbocycles. The Hall–Kier alpha value is -2.25. The van der Waals surface area contributed by atoms with E-state index in [1.165, 1.54) is 52.8 Å². The topological polar surface area (TPSA) is 66.5 Å². The fourth-order valence-electron chi connectivity index (χ4n) is 3.47. The lowest BCUT2D eigenvalue weighted by Crippen LogP contribution is -2.42. The zero-order chi connectivity index (χ0) is 19.6. The molecule has 7 heteroatoms. The highest BCUT2D eigenvalue weighted by Crippen LogP contribution is 2.26. The monoisotopic (exact) mass is 390 g/mol. The maximum absolute atomic E-state index is 12.9. The average Bonchev–Trinajstić information content (AvgIpc) is 2.63. The van der Waals surface area contributed by atoms with Crippen molar-refractivity contribution in [3.8, 4) is 0 Å². The van der Waals surface area contributed by atoms with Crippen molar-refractivity contribution < 1.29 is 17.6 Å². The van der Waals surface area contributed by atoms with Crippen LogP contribution < -0.4 is 5.32 Å². The van der Waals surface area contributed by atoms with Crippen molar-refractivity contribution in [1.29, 1.82) is 0 Å². The van der Waals surface area contributed by atoms with Gasteiger partial charge in [-0.2, -0.15) is 4.31 Å². The fourth-order valence-corrected chi connectivity index (χ4v) is 5.15. The molecule has 0 saturated carbocycles. The highest BCUT2D eigenvalue weighted by Gasteiger charge is 2.31. The van der Waals surface area contributed by atoms with Gasteiger partial charge in [-0.25, -0.2) is 12.8 Å². The molecule has 0 bridgehead atoms. The number of nitrogens with one attached hydrogen (secondary N) is 1. The minimum absolute atomic E-state index is 0.183. The van der Waals surface area contributed by atoms with Crippen molar-refractivity contribution in [2.24, 2.45) is 11.8 Å². The lowest BCUT2D eigenvalue weighted by molar-refractivity contribution is 0.102. The largest absolute Gasteiger partial charge is 0.322 e. The quantitative estimate of drug-likeness (QED) is 0.865. The number of amides is 1. The van der Waals surface area contributed by atoms with Crippen molar-refractivity contribution in [2.75, 3.05) is 18.4 Å². The minimum Gasteiger partial charge on any atom is -0.322 e. The molecule has 2 atom stereocenters. The van der Waals surface area contributed by atoms with Gasteiger partial charge in [-0.05, 0) is 66.8 Å². The number of nitrogens with zero attached hydrogens (tertiary/aromatic N) is 1. The maximum Gasteiger partial charge on any atom is 0.255 e. The predicted octanol–water partition coefficient (Wildman–Crippen LogP) is 3.74. The Morgan fingerprint density at radius 3 is 2.11 bits per heavy atom. The van der Waals surface area contributed by atoms with Gasteiger partial charge in [0, 0.05) is 24.3 Å². The maximum atomic E-state index is 12.9. The van der Waals surface area contributed by atoms with Crippen LogP contribution >= 0.6 is 0 Å². The van der Waals surface area contributed by atoms with Gasteiger partial charge < -0.3 is 5.32 Å². The third kappa shape index (κ3) is 4.54. The molecule has 144 valence electrons. The summed E-state index contributed by atoms with van der Waals surface area (Å²) in [6.07, 6.45) is 1.02. The smallest absolute Gasteiger partial charge is 0.255 e. The van der Waals surface area contributed by atoms with E-state index in [0.717, 1.165) is 6.42 Å². The molecule has 3 rings (SSSR count). The van der Waals surface area contributed by atoms with E-state index in [1.807, 2.05) is 0 Å². The summed E-state index contributed by atoms with van der Waals surface area (Å²) in [4.78, 5) is 12.5. The van der Waals surface area contributed by atoms with Crippen molar-refractivity contribution in [3.63, 3.8) is 0 Å². The highest BCUT2D eigenvalue weighted by molar-refractivity contribution is 7.89. The molecule has 0 radical (unpaired) electrons. The van der Waals surface area contributed by atoms with Crippen LogP contribution in [-0.4, -0.2) is 31.7 Å². The van der Waals surface area contributed by atoms with Crippen LogP contribution in [0.4, 0.5) is 10.1 Å². The SMILES string of the molecule is C[C@@H]1C[C@H](C)CN(S(=O)(=O)c2ccc(C(=O)Nc3ccc(F)cc3)cc2)C1. The summed E-state index contributed by atoms with van der Waals surface area (Å²) < 4.78 is 40.2. The van der Waals surface area contributed by atoms with E-state index >= 15 is 0 Å². The Labute approximate surface area is 159 Å². The number of carbonyl (C=O) groups excluding carboxylic acids is 1. The van der Waals surface area contributed by atoms with Gasteiger partial charge in [0.25, 0.3) is 5.91 Å². The van der Waals surface area contributed by atoms with E-state index in [-0.39, 0.29) is 16.6 Å². The normalized spacial score (nSPS) is 21.0. The van der Waals surface area contributed by atoms with Crippen molar-refractivity contribution in [1.82, 2.24) is 4.31 Å². The second-order valence-corrected chi connectivity index (χ2v) is 9.19. The molecular formula is C20H23FN2O3S. The fraction of sp³-hybridized carbons (Fsp3) is 0.350. The van der Waals surface area contributed by atoms with E-state index < -0.39 is 10.0 Å². The average molecular weight is 390 g/mol. The van der Waals surface area contributed by atoms with E-state index in [4.69, 9.17) is 0 Å². The number of hydrogen-bond acceptors (Lipinski definition) is 3. The van der Waals surface area contributed by atoms with Gasteiger partial charge in [0.05, 0.1) is 4.90 Å². The zero-order valence-electron chi connectivity index (χ0n) is 15.4. The first-order chi connectivity index (χ1) is 12.8. The van der Waals surface area contributed by atoms with E-state index in [2.05, 4.69) is 19.2 Å². The molecule has 2 aromatic rings. The minimum atomic E-state index is -3.57. The standard InChI is InChI=1S/C20H23FN2O3S/c1-14-11-15(2)13-23(12-14)27(25,26)19-9-3-16(4-10-19)20(24)22-18-7-5-17(21)6-8-18/h3-10,14-15H,11-13H2,1-2H3,(H,22,24)/t14-,15+. The predicted molar refractivity (Wildman–Crippen MR) is 102 cm³/mol. The number of rotatable bonds is 4. The van der Waals surface area contributed by atoms with E-state index in [1.54, 1.807) is 0 Å². The number of hydrogen-bond donors (Lipinski definition) is 1. The molecule has 27 heavy (non-hydrogen) atoms. The molecule has 0 unspecified atom stereocenters. The Balaban J connectivity index is 1.74. The molecule has 0 spiro atoms. The summed E-state index contributed by atoms with van der Waals surface area (Å²) >= 11 is 0. The zero-order valence-corrected chi connectivity index (χ0v) is 16.2. The van der Waals surface area contributed by atoms with Crippen LogP contribution in [0.2, 0.25) is 0 Å². The Morgan fingerprint density at radius 1 is 1.00 bits per heavy atom. The van der Waals surface area contributed by atoms with Crippen LogP contribution in [-0.2, 0) is 10.0 Å². The molecule has 1 N–H and O–H groups in total.